The molecule has 1 aliphatic rings. The van der Waals surface area contributed by atoms with Gasteiger partial charge in [-0.2, -0.15) is 0 Å². The second-order valence-corrected chi connectivity index (χ2v) is 5.33. The van der Waals surface area contributed by atoms with Crippen molar-refractivity contribution in [2.45, 2.75) is 36.6 Å². The van der Waals surface area contributed by atoms with Crippen molar-refractivity contribution in [1.29, 1.82) is 0 Å². The van der Waals surface area contributed by atoms with Gasteiger partial charge in [0.2, 0.25) is 0 Å². The molecule has 6 heteroatoms. The number of hydrogen-bond donors (Lipinski definition) is 1. The first-order chi connectivity index (χ1) is 7.59. The average Bonchev–Trinajstić information content (AvgIpc) is 2.80. The van der Waals surface area contributed by atoms with E-state index in [0.717, 1.165) is 30.2 Å². The molecule has 0 aliphatic heterocycles. The number of aromatic nitrogens is 3. The van der Waals surface area contributed by atoms with Crippen LogP contribution in [0, 0.1) is 12.8 Å². The van der Waals surface area contributed by atoms with Crippen LogP contribution in [-0.2, 0) is 11.8 Å². The maximum atomic E-state index is 11.0. The Labute approximate surface area is 98.3 Å². The van der Waals surface area contributed by atoms with Gasteiger partial charge in [0.05, 0.1) is 5.92 Å². The highest BCUT2D eigenvalue weighted by Crippen LogP contribution is 2.38. The molecule has 1 aromatic rings. The molecule has 0 aromatic carbocycles. The zero-order chi connectivity index (χ0) is 11.7. The summed E-state index contributed by atoms with van der Waals surface area (Å²) in [6.45, 7) is 1.89. The summed E-state index contributed by atoms with van der Waals surface area (Å²) in [6, 6.07) is 0. The van der Waals surface area contributed by atoms with E-state index >= 15 is 0 Å². The molecule has 1 heterocycles. The van der Waals surface area contributed by atoms with E-state index in [-0.39, 0.29) is 11.2 Å². The molecule has 0 radical (unpaired) electrons. The van der Waals surface area contributed by atoms with Crippen molar-refractivity contribution in [2.24, 2.45) is 13.0 Å². The van der Waals surface area contributed by atoms with Crippen LogP contribution >= 0.6 is 11.8 Å². The van der Waals surface area contributed by atoms with Crippen molar-refractivity contribution in [1.82, 2.24) is 14.8 Å². The van der Waals surface area contributed by atoms with E-state index in [0.29, 0.717) is 0 Å². The number of nitrogens with zero attached hydrogens (tertiary/aromatic N) is 3. The van der Waals surface area contributed by atoms with E-state index in [4.69, 9.17) is 5.11 Å². The third-order valence-electron chi connectivity index (χ3n) is 3.08. The van der Waals surface area contributed by atoms with Crippen LogP contribution in [0.15, 0.2) is 5.16 Å². The minimum Gasteiger partial charge on any atom is -0.481 e. The van der Waals surface area contributed by atoms with Crippen LogP contribution in [0.25, 0.3) is 0 Å². The summed E-state index contributed by atoms with van der Waals surface area (Å²) in [5.74, 6) is -0.0664. The van der Waals surface area contributed by atoms with Crippen molar-refractivity contribution < 1.29 is 9.90 Å². The molecule has 0 saturated heterocycles. The number of rotatable bonds is 3. The molecule has 5 nitrogen and oxygen atoms in total. The molecule has 88 valence electrons. The van der Waals surface area contributed by atoms with Crippen LogP contribution in [0.2, 0.25) is 0 Å². The van der Waals surface area contributed by atoms with Gasteiger partial charge < -0.3 is 9.67 Å². The lowest BCUT2D eigenvalue weighted by Crippen LogP contribution is -2.20. The maximum Gasteiger partial charge on any atom is 0.307 e. The standard InChI is InChI=1S/C10H15N3O2S/c1-6-11-12-10(13(6)2)16-8-5-3-4-7(8)9(14)15/h7-8H,3-5H2,1-2H3,(H,14,15). The van der Waals surface area contributed by atoms with E-state index in [2.05, 4.69) is 10.2 Å². The quantitative estimate of drug-likeness (QED) is 0.868. The first-order valence-electron chi connectivity index (χ1n) is 5.35. The maximum absolute atomic E-state index is 11.0. The first-order valence-corrected chi connectivity index (χ1v) is 6.23. The van der Waals surface area contributed by atoms with Crippen molar-refractivity contribution >= 4 is 17.7 Å². The summed E-state index contributed by atoms with van der Waals surface area (Å²) in [7, 11) is 1.91. The predicted octanol–water partition coefficient (Wildman–Crippen LogP) is 1.47. The molecule has 2 atom stereocenters. The minimum atomic E-state index is -0.686. The van der Waals surface area contributed by atoms with E-state index < -0.39 is 5.97 Å². The van der Waals surface area contributed by atoms with Crippen molar-refractivity contribution in [3.05, 3.63) is 5.82 Å². The van der Waals surface area contributed by atoms with Gasteiger partial charge >= 0.3 is 5.97 Å². The second kappa shape index (κ2) is 4.45. The van der Waals surface area contributed by atoms with Crippen LogP contribution in [0.5, 0.6) is 0 Å². The molecule has 1 aromatic heterocycles. The van der Waals surface area contributed by atoms with Gasteiger partial charge in [0.15, 0.2) is 5.16 Å². The Balaban J connectivity index is 2.09. The molecule has 1 aliphatic carbocycles. The highest BCUT2D eigenvalue weighted by Gasteiger charge is 2.34. The lowest BCUT2D eigenvalue weighted by molar-refractivity contribution is -0.141. The Bertz CT molecular complexity index is 405. The monoisotopic (exact) mass is 241 g/mol. The molecule has 1 saturated carbocycles. The first kappa shape index (κ1) is 11.4. The van der Waals surface area contributed by atoms with Gasteiger partial charge in [-0.25, -0.2) is 0 Å². The molecular formula is C10H15N3O2S. The van der Waals surface area contributed by atoms with Crippen LogP contribution in [0.3, 0.4) is 0 Å². The Hall–Kier alpha value is -1.04. The van der Waals surface area contributed by atoms with Crippen LogP contribution < -0.4 is 0 Å². The molecule has 0 spiro atoms. The molecule has 0 amide bonds. The fourth-order valence-electron chi connectivity index (χ4n) is 1.98. The fourth-order valence-corrected chi connectivity index (χ4v) is 3.33. The highest BCUT2D eigenvalue weighted by molar-refractivity contribution is 7.99. The van der Waals surface area contributed by atoms with Gasteiger partial charge in [-0.3, -0.25) is 4.79 Å². The van der Waals surface area contributed by atoms with Gasteiger partial charge in [0, 0.05) is 12.3 Å². The van der Waals surface area contributed by atoms with Crippen LogP contribution in [-0.4, -0.2) is 31.1 Å². The van der Waals surface area contributed by atoms with E-state index in [1.807, 2.05) is 18.5 Å². The van der Waals surface area contributed by atoms with Gasteiger partial charge in [-0.1, -0.05) is 18.2 Å². The van der Waals surface area contributed by atoms with Crippen LogP contribution in [0.1, 0.15) is 25.1 Å². The summed E-state index contributed by atoms with van der Waals surface area (Å²) in [5, 5.41) is 18.1. The van der Waals surface area contributed by atoms with Crippen molar-refractivity contribution in [3.63, 3.8) is 0 Å². The van der Waals surface area contributed by atoms with E-state index in [1.165, 1.54) is 0 Å². The Morgan fingerprint density at radius 1 is 1.50 bits per heavy atom. The third kappa shape index (κ3) is 2.07. The smallest absolute Gasteiger partial charge is 0.307 e. The average molecular weight is 241 g/mol. The topological polar surface area (TPSA) is 68.0 Å². The van der Waals surface area contributed by atoms with Crippen molar-refractivity contribution in [2.75, 3.05) is 0 Å². The number of aliphatic carboxylic acids is 1. The molecule has 1 N–H and O–H groups in total. The number of hydrogen-bond acceptors (Lipinski definition) is 4. The summed E-state index contributed by atoms with van der Waals surface area (Å²) >= 11 is 1.54. The molecule has 16 heavy (non-hydrogen) atoms. The number of carboxylic acids is 1. The van der Waals surface area contributed by atoms with Gasteiger partial charge in [0.1, 0.15) is 5.82 Å². The Morgan fingerprint density at radius 3 is 2.81 bits per heavy atom. The summed E-state index contributed by atoms with van der Waals surface area (Å²) in [4.78, 5) is 11.0. The largest absolute Gasteiger partial charge is 0.481 e. The lowest BCUT2D eigenvalue weighted by Gasteiger charge is -2.14. The zero-order valence-electron chi connectivity index (χ0n) is 9.38. The van der Waals surface area contributed by atoms with Gasteiger partial charge in [0.25, 0.3) is 0 Å². The van der Waals surface area contributed by atoms with Crippen molar-refractivity contribution in [3.8, 4) is 0 Å². The van der Waals surface area contributed by atoms with Gasteiger partial charge in [-0.05, 0) is 19.8 Å². The Kier molecular flexibility index (Phi) is 3.18. The molecule has 2 unspecified atom stereocenters. The van der Waals surface area contributed by atoms with Gasteiger partial charge in [-0.15, -0.1) is 10.2 Å². The summed E-state index contributed by atoms with van der Waals surface area (Å²) < 4.78 is 1.90. The predicted molar refractivity (Wildman–Crippen MR) is 60.4 cm³/mol. The Morgan fingerprint density at radius 2 is 2.25 bits per heavy atom. The summed E-state index contributed by atoms with van der Waals surface area (Å²) in [5.41, 5.74) is 0. The highest BCUT2D eigenvalue weighted by atomic mass is 32.2. The second-order valence-electron chi connectivity index (χ2n) is 4.12. The number of carboxylic acid groups (broad SMARTS) is 1. The van der Waals surface area contributed by atoms with E-state index in [9.17, 15) is 4.79 Å². The SMILES string of the molecule is Cc1nnc(SC2CCCC2C(=O)O)n1C. The molecule has 0 bridgehead atoms. The minimum absolute atomic E-state index is 0.139. The molecule has 1 fully saturated rings. The molecular weight excluding hydrogens is 226 g/mol. The zero-order valence-corrected chi connectivity index (χ0v) is 10.2. The number of carbonyl (C=O) groups is 1. The number of aryl methyl sites for hydroxylation is 1. The lowest BCUT2D eigenvalue weighted by atomic mass is 10.1. The number of thioether (sulfide) groups is 1. The summed E-state index contributed by atoms with van der Waals surface area (Å²) in [6.07, 6.45) is 2.73. The fraction of sp³-hybridized carbons (Fsp3) is 0.700. The van der Waals surface area contributed by atoms with E-state index in [1.54, 1.807) is 11.8 Å². The third-order valence-corrected chi connectivity index (χ3v) is 4.51. The molecule has 2 rings (SSSR count). The normalized spacial score (nSPS) is 24.9. The van der Waals surface area contributed by atoms with Crippen LogP contribution in [0.4, 0.5) is 0 Å².